The Labute approximate surface area is 88.4 Å². The number of hydrogen-bond donors (Lipinski definition) is 2. The van der Waals surface area contributed by atoms with Crippen molar-refractivity contribution < 1.29 is 14.4 Å². The molecule has 1 aromatic heterocycles. The molecule has 0 saturated heterocycles. The predicted octanol–water partition coefficient (Wildman–Crippen LogP) is 0.549. The maximum atomic E-state index is 8.81. The maximum absolute atomic E-state index is 8.81. The van der Waals surface area contributed by atoms with E-state index in [1.807, 2.05) is 13.8 Å². The van der Waals surface area contributed by atoms with Crippen molar-refractivity contribution in [1.82, 2.24) is 10.1 Å². The SMILES string of the molecule is CCOC(CC)c1noc(C(N)CO)n1. The molecule has 0 aliphatic heterocycles. The highest BCUT2D eigenvalue weighted by molar-refractivity contribution is 4.94. The van der Waals surface area contributed by atoms with Crippen LogP contribution in [0.25, 0.3) is 0 Å². The van der Waals surface area contributed by atoms with Crippen LogP contribution in [0, 0.1) is 0 Å². The van der Waals surface area contributed by atoms with Crippen molar-refractivity contribution in [1.29, 1.82) is 0 Å². The van der Waals surface area contributed by atoms with Crippen LogP contribution in [0.15, 0.2) is 4.52 Å². The van der Waals surface area contributed by atoms with Gasteiger partial charge >= 0.3 is 0 Å². The van der Waals surface area contributed by atoms with Gasteiger partial charge in [0.05, 0.1) is 6.61 Å². The lowest BCUT2D eigenvalue weighted by Gasteiger charge is -2.09. The lowest BCUT2D eigenvalue weighted by molar-refractivity contribution is 0.0518. The van der Waals surface area contributed by atoms with Crippen molar-refractivity contribution >= 4 is 0 Å². The summed E-state index contributed by atoms with van der Waals surface area (Å²) in [5, 5.41) is 12.6. The summed E-state index contributed by atoms with van der Waals surface area (Å²) < 4.78 is 10.3. The van der Waals surface area contributed by atoms with E-state index in [2.05, 4.69) is 10.1 Å². The second-order valence-corrected chi connectivity index (χ2v) is 3.13. The number of aliphatic hydroxyl groups is 1. The van der Waals surface area contributed by atoms with Gasteiger partial charge in [0.15, 0.2) is 0 Å². The molecule has 6 nitrogen and oxygen atoms in total. The smallest absolute Gasteiger partial charge is 0.246 e. The molecule has 0 saturated carbocycles. The average Bonchev–Trinajstić information content (AvgIpc) is 2.73. The van der Waals surface area contributed by atoms with Gasteiger partial charge in [-0.2, -0.15) is 4.98 Å². The van der Waals surface area contributed by atoms with E-state index in [0.29, 0.717) is 12.4 Å². The lowest BCUT2D eigenvalue weighted by Crippen LogP contribution is -2.15. The minimum absolute atomic E-state index is 0.168. The molecule has 2 atom stereocenters. The van der Waals surface area contributed by atoms with E-state index in [-0.39, 0.29) is 18.6 Å². The number of nitrogens with two attached hydrogens (primary N) is 1. The van der Waals surface area contributed by atoms with E-state index in [0.717, 1.165) is 6.42 Å². The van der Waals surface area contributed by atoms with E-state index < -0.39 is 6.04 Å². The molecule has 6 heteroatoms. The van der Waals surface area contributed by atoms with Crippen LogP contribution in [0.4, 0.5) is 0 Å². The molecule has 15 heavy (non-hydrogen) atoms. The highest BCUT2D eigenvalue weighted by Crippen LogP contribution is 2.19. The van der Waals surface area contributed by atoms with E-state index in [1.54, 1.807) is 0 Å². The molecule has 0 aromatic carbocycles. The van der Waals surface area contributed by atoms with Crippen molar-refractivity contribution in [2.24, 2.45) is 5.73 Å². The molecule has 0 aliphatic carbocycles. The van der Waals surface area contributed by atoms with Gasteiger partial charge in [-0.3, -0.25) is 0 Å². The van der Waals surface area contributed by atoms with Crippen molar-refractivity contribution in [3.63, 3.8) is 0 Å². The fourth-order valence-electron chi connectivity index (χ4n) is 1.18. The zero-order valence-corrected chi connectivity index (χ0v) is 9.01. The normalized spacial score (nSPS) is 15.2. The van der Waals surface area contributed by atoms with Gasteiger partial charge in [0, 0.05) is 6.61 Å². The highest BCUT2D eigenvalue weighted by atomic mass is 16.5. The Morgan fingerprint density at radius 2 is 2.27 bits per heavy atom. The Hall–Kier alpha value is -0.980. The molecule has 0 spiro atoms. The average molecular weight is 215 g/mol. The van der Waals surface area contributed by atoms with Crippen LogP contribution >= 0.6 is 0 Å². The first-order chi connectivity index (χ1) is 7.22. The fraction of sp³-hybridized carbons (Fsp3) is 0.778. The minimum atomic E-state index is -0.620. The number of hydrogen-bond acceptors (Lipinski definition) is 6. The zero-order chi connectivity index (χ0) is 11.3. The Balaban J connectivity index is 2.72. The van der Waals surface area contributed by atoms with E-state index in [1.165, 1.54) is 0 Å². The highest BCUT2D eigenvalue weighted by Gasteiger charge is 2.19. The van der Waals surface area contributed by atoms with Gasteiger partial charge < -0.3 is 20.1 Å². The van der Waals surface area contributed by atoms with E-state index >= 15 is 0 Å². The largest absolute Gasteiger partial charge is 0.394 e. The lowest BCUT2D eigenvalue weighted by atomic mass is 10.2. The first-order valence-electron chi connectivity index (χ1n) is 5.04. The summed E-state index contributed by atoms with van der Waals surface area (Å²) in [7, 11) is 0. The first-order valence-corrected chi connectivity index (χ1v) is 5.04. The number of aliphatic hydroxyl groups excluding tert-OH is 1. The summed E-state index contributed by atoms with van der Waals surface area (Å²) >= 11 is 0. The van der Waals surface area contributed by atoms with Crippen LogP contribution in [0.1, 0.15) is 44.1 Å². The van der Waals surface area contributed by atoms with Crippen LogP contribution in [0.5, 0.6) is 0 Å². The topological polar surface area (TPSA) is 94.4 Å². The van der Waals surface area contributed by atoms with Crippen LogP contribution in [-0.2, 0) is 4.74 Å². The van der Waals surface area contributed by atoms with Crippen molar-refractivity contribution in [3.8, 4) is 0 Å². The van der Waals surface area contributed by atoms with Crippen LogP contribution < -0.4 is 5.73 Å². The molecule has 1 aromatic rings. The summed E-state index contributed by atoms with van der Waals surface area (Å²) in [5.41, 5.74) is 5.54. The molecular weight excluding hydrogens is 198 g/mol. The van der Waals surface area contributed by atoms with Crippen LogP contribution in [0.3, 0.4) is 0 Å². The third kappa shape index (κ3) is 2.98. The summed E-state index contributed by atoms with van der Waals surface area (Å²) in [6, 6.07) is -0.620. The first kappa shape index (κ1) is 12.1. The van der Waals surface area contributed by atoms with Crippen LogP contribution in [-0.4, -0.2) is 28.5 Å². The van der Waals surface area contributed by atoms with Crippen molar-refractivity contribution in [3.05, 3.63) is 11.7 Å². The van der Waals surface area contributed by atoms with Crippen LogP contribution in [0.2, 0.25) is 0 Å². The Morgan fingerprint density at radius 1 is 1.53 bits per heavy atom. The van der Waals surface area contributed by atoms with Gasteiger partial charge in [-0.15, -0.1) is 0 Å². The summed E-state index contributed by atoms with van der Waals surface area (Å²) in [4.78, 5) is 4.08. The van der Waals surface area contributed by atoms with Crippen molar-refractivity contribution in [2.75, 3.05) is 13.2 Å². The molecule has 1 rings (SSSR count). The summed E-state index contributed by atoms with van der Waals surface area (Å²) in [5.74, 6) is 0.726. The Morgan fingerprint density at radius 3 is 2.80 bits per heavy atom. The van der Waals surface area contributed by atoms with Gasteiger partial charge in [-0.1, -0.05) is 12.1 Å². The van der Waals surface area contributed by atoms with E-state index in [9.17, 15) is 0 Å². The van der Waals surface area contributed by atoms with Gasteiger partial charge in [0.25, 0.3) is 0 Å². The molecule has 2 unspecified atom stereocenters. The molecule has 3 N–H and O–H groups in total. The number of aromatic nitrogens is 2. The third-order valence-electron chi connectivity index (χ3n) is 2.00. The number of rotatable bonds is 6. The standard InChI is InChI=1S/C9H17N3O3/c1-3-7(14-4-2)8-11-9(15-12-8)6(10)5-13/h6-7,13H,3-5,10H2,1-2H3. The van der Waals surface area contributed by atoms with E-state index in [4.69, 9.17) is 20.1 Å². The molecule has 86 valence electrons. The fourth-order valence-corrected chi connectivity index (χ4v) is 1.18. The second-order valence-electron chi connectivity index (χ2n) is 3.13. The van der Waals surface area contributed by atoms with Gasteiger partial charge in [-0.25, -0.2) is 0 Å². The third-order valence-corrected chi connectivity index (χ3v) is 2.00. The minimum Gasteiger partial charge on any atom is -0.394 e. The molecule has 0 fully saturated rings. The molecule has 1 heterocycles. The molecule has 0 bridgehead atoms. The van der Waals surface area contributed by atoms with Gasteiger partial charge in [0.1, 0.15) is 12.1 Å². The number of nitrogens with zero attached hydrogens (tertiary/aromatic N) is 2. The molecule has 0 amide bonds. The maximum Gasteiger partial charge on any atom is 0.246 e. The molecule has 0 aliphatic rings. The Bertz CT molecular complexity index is 290. The Kier molecular flexibility index (Phi) is 4.67. The van der Waals surface area contributed by atoms with Crippen molar-refractivity contribution in [2.45, 2.75) is 32.4 Å². The molecule has 0 radical (unpaired) electrons. The second kappa shape index (κ2) is 5.79. The zero-order valence-electron chi connectivity index (χ0n) is 9.01. The van der Waals surface area contributed by atoms with Gasteiger partial charge in [0.2, 0.25) is 11.7 Å². The number of ether oxygens (including phenoxy) is 1. The summed E-state index contributed by atoms with van der Waals surface area (Å²) in [6.07, 6.45) is 0.597. The molecular formula is C9H17N3O3. The predicted molar refractivity (Wildman–Crippen MR) is 53.0 cm³/mol. The summed E-state index contributed by atoms with van der Waals surface area (Å²) in [6.45, 7) is 4.26. The quantitative estimate of drug-likeness (QED) is 0.719. The van der Waals surface area contributed by atoms with Gasteiger partial charge in [-0.05, 0) is 13.3 Å². The monoisotopic (exact) mass is 215 g/mol.